The van der Waals surface area contributed by atoms with Crippen LogP contribution in [0, 0.1) is 59.2 Å². The fourth-order valence-electron chi connectivity index (χ4n) is 11.4. The van der Waals surface area contributed by atoms with Gasteiger partial charge in [-0.15, -0.1) is 0 Å². The molecule has 4 saturated heterocycles. The van der Waals surface area contributed by atoms with Crippen LogP contribution in [0.1, 0.15) is 25.7 Å². The molecule has 0 aromatic rings. The van der Waals surface area contributed by atoms with E-state index in [4.69, 9.17) is 18.9 Å². The Morgan fingerprint density at radius 2 is 1.04 bits per heavy atom. The summed E-state index contributed by atoms with van der Waals surface area (Å²) in [6.45, 7) is 0. The quantitative estimate of drug-likeness (QED) is 0.637. The monoisotopic (exact) mass is 326 g/mol. The molecule has 6 saturated carbocycles. The first-order chi connectivity index (χ1) is 11.9. The maximum atomic E-state index is 6.55. The third kappa shape index (κ3) is 0.758. The lowest BCUT2D eigenvalue weighted by atomic mass is 9.70. The first kappa shape index (κ1) is 11.5. The predicted molar refractivity (Wildman–Crippen MR) is 78.3 cm³/mol. The van der Waals surface area contributed by atoms with E-state index in [-0.39, 0.29) is 23.8 Å². The SMILES string of the molecule is C1C[C@@H]2O[C@@H]3O[C@@]34[C@@H]3[C@H]5[C@@H]6[C@@H]7[C@@H]8[C@@H](CC[C@H]8O[C@@H]8O[C@]87[C@@H]5[C@H]1[C@H]32)[C@@H]64. The number of fused-ring (bicyclic) bond motifs is 2. The first-order valence-corrected chi connectivity index (χ1v) is 10.5. The van der Waals surface area contributed by atoms with Crippen molar-refractivity contribution in [2.75, 3.05) is 0 Å². The fourth-order valence-corrected chi connectivity index (χ4v) is 11.4. The van der Waals surface area contributed by atoms with Gasteiger partial charge in [-0.25, -0.2) is 0 Å². The number of ether oxygens (including phenoxy) is 4. The Kier molecular flexibility index (Phi) is 1.37. The zero-order chi connectivity index (χ0) is 14.7. The molecule has 24 heavy (non-hydrogen) atoms. The summed E-state index contributed by atoms with van der Waals surface area (Å²) in [5, 5.41) is 0. The van der Waals surface area contributed by atoms with E-state index in [0.717, 1.165) is 59.2 Å². The standard InChI is InChI=1S/C20H22O4/c1-3-7-9-5(1)13-11-12-14(20(15(9)11)18(21-7)24-20)6-2-4-8-10(6)16(12)19(13)17(22-8)23-19/h5-18H,1-4H2/t5-,6-,7-,8+,9-,10+,11+,12+,13+,14-,15+,16+,17-,18-,19+,20+/m1/s1. The molecule has 4 nitrogen and oxygen atoms in total. The summed E-state index contributed by atoms with van der Waals surface area (Å²) in [6, 6.07) is 0. The van der Waals surface area contributed by atoms with E-state index >= 15 is 0 Å². The lowest BCUT2D eigenvalue weighted by molar-refractivity contribution is -0.0794. The molecule has 10 fully saturated rings. The molecule has 10 aliphatic rings. The largest absolute Gasteiger partial charge is 0.346 e. The van der Waals surface area contributed by atoms with Gasteiger partial charge in [-0.3, -0.25) is 0 Å². The Bertz CT molecular complexity index is 692. The highest BCUT2D eigenvalue weighted by molar-refractivity contribution is 5.40. The van der Waals surface area contributed by atoms with E-state index < -0.39 is 0 Å². The van der Waals surface area contributed by atoms with Gasteiger partial charge in [0.25, 0.3) is 0 Å². The number of epoxide rings is 2. The summed E-state index contributed by atoms with van der Waals surface area (Å²) in [5.41, 5.74) is 0.271. The average Bonchev–Trinajstić information content (AvgIpc) is 3.01. The van der Waals surface area contributed by atoms with E-state index in [0.29, 0.717) is 12.2 Å². The zero-order valence-corrected chi connectivity index (χ0v) is 13.5. The van der Waals surface area contributed by atoms with E-state index in [2.05, 4.69) is 0 Å². The van der Waals surface area contributed by atoms with Crippen molar-refractivity contribution < 1.29 is 18.9 Å². The van der Waals surface area contributed by atoms with Crippen LogP contribution in [0.25, 0.3) is 0 Å². The van der Waals surface area contributed by atoms with Crippen LogP contribution in [0.2, 0.25) is 0 Å². The molecule has 6 aliphatic carbocycles. The van der Waals surface area contributed by atoms with Crippen LogP contribution in [-0.2, 0) is 18.9 Å². The molecule has 0 aromatic heterocycles. The van der Waals surface area contributed by atoms with Gasteiger partial charge in [0.05, 0.1) is 12.2 Å². The highest BCUT2D eigenvalue weighted by Crippen LogP contribution is 2.89. The van der Waals surface area contributed by atoms with Crippen molar-refractivity contribution in [1.29, 1.82) is 0 Å². The van der Waals surface area contributed by atoms with Gasteiger partial charge >= 0.3 is 0 Å². The Labute approximate surface area is 140 Å². The molecule has 2 spiro atoms. The van der Waals surface area contributed by atoms with Crippen LogP contribution in [-0.4, -0.2) is 36.0 Å². The van der Waals surface area contributed by atoms with Crippen LogP contribution >= 0.6 is 0 Å². The number of rotatable bonds is 0. The van der Waals surface area contributed by atoms with Crippen LogP contribution in [0.5, 0.6) is 0 Å². The molecular formula is C20H22O4. The maximum Gasteiger partial charge on any atom is 0.188 e. The summed E-state index contributed by atoms with van der Waals surface area (Å²) in [7, 11) is 0. The second-order valence-corrected chi connectivity index (χ2v) is 10.9. The van der Waals surface area contributed by atoms with E-state index in [1.54, 1.807) is 0 Å². The van der Waals surface area contributed by atoms with Crippen molar-refractivity contribution in [3.8, 4) is 0 Å². The molecule has 4 heteroatoms. The van der Waals surface area contributed by atoms with E-state index in [1.807, 2.05) is 0 Å². The minimum Gasteiger partial charge on any atom is -0.346 e. The summed E-state index contributed by atoms with van der Waals surface area (Å²) in [4.78, 5) is 0. The molecule has 0 N–H and O–H groups in total. The summed E-state index contributed by atoms with van der Waals surface area (Å²) >= 11 is 0. The zero-order valence-electron chi connectivity index (χ0n) is 13.5. The Morgan fingerprint density at radius 3 is 1.54 bits per heavy atom. The second kappa shape index (κ2) is 2.85. The molecule has 4 heterocycles. The van der Waals surface area contributed by atoms with Gasteiger partial charge in [-0.2, -0.15) is 0 Å². The molecule has 0 aromatic carbocycles. The van der Waals surface area contributed by atoms with Crippen LogP contribution < -0.4 is 0 Å². The van der Waals surface area contributed by atoms with Crippen molar-refractivity contribution in [2.45, 2.75) is 61.7 Å². The molecule has 0 bridgehead atoms. The molecule has 16 atom stereocenters. The summed E-state index contributed by atoms with van der Waals surface area (Å²) in [6.07, 6.45) is 6.57. The van der Waals surface area contributed by atoms with Crippen molar-refractivity contribution in [1.82, 2.24) is 0 Å². The number of hydrogen-bond donors (Lipinski definition) is 0. The fraction of sp³-hybridized carbons (Fsp3) is 1.00. The summed E-state index contributed by atoms with van der Waals surface area (Å²) in [5.74, 6) is 8.14. The van der Waals surface area contributed by atoms with Gasteiger partial charge in [-0.1, -0.05) is 0 Å². The maximum absolute atomic E-state index is 6.55. The third-order valence-corrected chi connectivity index (χ3v) is 11.2. The van der Waals surface area contributed by atoms with Crippen LogP contribution in [0.4, 0.5) is 0 Å². The lowest BCUT2D eigenvalue weighted by Crippen LogP contribution is -2.47. The molecule has 0 radical (unpaired) electrons. The van der Waals surface area contributed by atoms with E-state index in [9.17, 15) is 0 Å². The average molecular weight is 326 g/mol. The normalized spacial score (nSPS) is 87.0. The Morgan fingerprint density at radius 1 is 0.542 bits per heavy atom. The Hall–Kier alpha value is -0.160. The molecule has 0 unspecified atom stereocenters. The smallest absolute Gasteiger partial charge is 0.188 e. The summed E-state index contributed by atoms with van der Waals surface area (Å²) < 4.78 is 26.2. The molecule has 0 amide bonds. The first-order valence-electron chi connectivity index (χ1n) is 10.5. The highest BCUT2D eigenvalue weighted by atomic mass is 16.8. The molecular weight excluding hydrogens is 304 g/mol. The van der Waals surface area contributed by atoms with Gasteiger partial charge in [0.2, 0.25) is 0 Å². The minimum atomic E-state index is 0.136. The molecule has 10 rings (SSSR count). The Balaban J connectivity index is 1.32. The van der Waals surface area contributed by atoms with Crippen molar-refractivity contribution in [3.05, 3.63) is 0 Å². The minimum absolute atomic E-state index is 0.136. The van der Waals surface area contributed by atoms with Crippen molar-refractivity contribution >= 4 is 0 Å². The topological polar surface area (TPSA) is 43.5 Å². The lowest BCUT2D eigenvalue weighted by Gasteiger charge is -2.38. The van der Waals surface area contributed by atoms with Gasteiger partial charge in [0.15, 0.2) is 12.6 Å². The number of hydrogen-bond acceptors (Lipinski definition) is 4. The van der Waals surface area contributed by atoms with Gasteiger partial charge < -0.3 is 18.9 Å². The predicted octanol–water partition coefficient (Wildman–Crippen LogP) is 1.78. The highest BCUT2D eigenvalue weighted by Gasteiger charge is 2.96. The van der Waals surface area contributed by atoms with Crippen LogP contribution in [0.3, 0.4) is 0 Å². The van der Waals surface area contributed by atoms with Gasteiger partial charge in [0.1, 0.15) is 11.2 Å². The van der Waals surface area contributed by atoms with E-state index in [1.165, 1.54) is 25.7 Å². The second-order valence-electron chi connectivity index (χ2n) is 10.9. The van der Waals surface area contributed by atoms with Gasteiger partial charge in [-0.05, 0) is 61.2 Å². The van der Waals surface area contributed by atoms with Crippen molar-refractivity contribution in [3.63, 3.8) is 0 Å². The van der Waals surface area contributed by atoms with Crippen LogP contribution in [0.15, 0.2) is 0 Å². The third-order valence-electron chi connectivity index (χ3n) is 11.2. The molecule has 126 valence electrons. The van der Waals surface area contributed by atoms with Gasteiger partial charge in [0, 0.05) is 23.7 Å². The molecule has 4 aliphatic heterocycles. The van der Waals surface area contributed by atoms with Crippen molar-refractivity contribution in [2.24, 2.45) is 59.2 Å².